The second kappa shape index (κ2) is 7.51. The first kappa shape index (κ1) is 16.8. The van der Waals surface area contributed by atoms with Crippen LogP contribution >= 0.6 is 0 Å². The van der Waals surface area contributed by atoms with Crippen LogP contribution in [0.2, 0.25) is 0 Å². The molecule has 0 spiro atoms. The van der Waals surface area contributed by atoms with Gasteiger partial charge < -0.3 is 5.32 Å². The number of hydrogen-bond acceptors (Lipinski definition) is 1. The summed E-state index contributed by atoms with van der Waals surface area (Å²) in [4.78, 5) is 0. The molecule has 19 heavy (non-hydrogen) atoms. The maximum atomic E-state index is 12.6. The lowest BCUT2D eigenvalue weighted by Crippen LogP contribution is -2.41. The van der Waals surface area contributed by atoms with Crippen LogP contribution < -0.4 is 5.32 Å². The molecule has 114 valence electrons. The predicted octanol–water partition coefficient (Wildman–Crippen LogP) is 4.91. The molecule has 1 N–H and O–H groups in total. The van der Waals surface area contributed by atoms with Gasteiger partial charge in [-0.3, -0.25) is 0 Å². The van der Waals surface area contributed by atoms with Crippen LogP contribution in [-0.2, 0) is 0 Å². The highest BCUT2D eigenvalue weighted by Gasteiger charge is 2.41. The van der Waals surface area contributed by atoms with Crippen LogP contribution in [0.15, 0.2) is 0 Å². The van der Waals surface area contributed by atoms with Gasteiger partial charge in [-0.1, -0.05) is 26.7 Å². The lowest BCUT2D eigenvalue weighted by atomic mass is 9.85. The molecule has 0 aromatic carbocycles. The third-order valence-electron chi connectivity index (χ3n) is 4.13. The molecule has 0 saturated heterocycles. The predicted molar refractivity (Wildman–Crippen MR) is 73.1 cm³/mol. The smallest absolute Gasteiger partial charge is 0.312 e. The molecule has 1 rings (SSSR count). The molecule has 0 amide bonds. The molecule has 4 heteroatoms. The minimum absolute atomic E-state index is 0.285. The van der Waals surface area contributed by atoms with Crippen molar-refractivity contribution in [2.75, 3.05) is 0 Å². The Morgan fingerprint density at radius 3 is 2.05 bits per heavy atom. The average molecular weight is 279 g/mol. The first-order chi connectivity index (χ1) is 8.79. The van der Waals surface area contributed by atoms with E-state index in [-0.39, 0.29) is 6.04 Å². The summed E-state index contributed by atoms with van der Waals surface area (Å²) in [6.45, 7) is 6.59. The first-order valence-corrected chi connectivity index (χ1v) is 7.61. The fourth-order valence-electron chi connectivity index (χ4n) is 2.91. The van der Waals surface area contributed by atoms with E-state index >= 15 is 0 Å². The fourth-order valence-corrected chi connectivity index (χ4v) is 2.91. The van der Waals surface area contributed by atoms with Gasteiger partial charge in [-0.25, -0.2) is 0 Å². The van der Waals surface area contributed by atoms with E-state index in [0.717, 1.165) is 12.3 Å². The van der Waals surface area contributed by atoms with Crippen molar-refractivity contribution in [1.82, 2.24) is 5.32 Å². The van der Waals surface area contributed by atoms with Gasteiger partial charge >= 0.3 is 6.18 Å². The van der Waals surface area contributed by atoms with E-state index in [4.69, 9.17) is 0 Å². The molecule has 0 heterocycles. The van der Waals surface area contributed by atoms with Crippen molar-refractivity contribution < 1.29 is 13.2 Å². The molecule has 1 aliphatic rings. The van der Waals surface area contributed by atoms with E-state index in [1.54, 1.807) is 0 Å². The Labute approximate surface area is 115 Å². The molecule has 1 aliphatic carbocycles. The normalized spacial score (nSPS) is 26.7. The maximum Gasteiger partial charge on any atom is 0.391 e. The standard InChI is InChI=1S/C15H28F3N/c1-11(2)5-4-6-12(3)19-14-9-7-13(8-10-14)15(16,17)18/h11-14,19H,4-10H2,1-3H3. The van der Waals surface area contributed by atoms with Gasteiger partial charge in [-0.15, -0.1) is 0 Å². The summed E-state index contributed by atoms with van der Waals surface area (Å²) in [6, 6.07) is 0.707. The van der Waals surface area contributed by atoms with E-state index in [9.17, 15) is 13.2 Å². The van der Waals surface area contributed by atoms with Gasteiger partial charge in [0.2, 0.25) is 0 Å². The van der Waals surface area contributed by atoms with Crippen LogP contribution in [0.1, 0.15) is 65.7 Å². The zero-order chi connectivity index (χ0) is 14.5. The third kappa shape index (κ3) is 6.64. The third-order valence-corrected chi connectivity index (χ3v) is 4.13. The SMILES string of the molecule is CC(C)CCCC(C)NC1CCC(C(F)(F)F)CC1. The van der Waals surface area contributed by atoms with Gasteiger partial charge in [-0.05, 0) is 44.9 Å². The van der Waals surface area contributed by atoms with Gasteiger partial charge in [0.25, 0.3) is 0 Å². The molecule has 0 aliphatic heterocycles. The topological polar surface area (TPSA) is 12.0 Å². The van der Waals surface area contributed by atoms with E-state index in [0.29, 0.717) is 31.7 Å². The van der Waals surface area contributed by atoms with Gasteiger partial charge in [0.15, 0.2) is 0 Å². The molecule has 1 nitrogen and oxygen atoms in total. The second-order valence-electron chi connectivity index (χ2n) is 6.48. The molecule has 1 atom stereocenters. The van der Waals surface area contributed by atoms with Crippen LogP contribution in [0, 0.1) is 11.8 Å². The van der Waals surface area contributed by atoms with Crippen molar-refractivity contribution in [3.63, 3.8) is 0 Å². The van der Waals surface area contributed by atoms with Gasteiger partial charge in [0.05, 0.1) is 5.92 Å². The number of hydrogen-bond donors (Lipinski definition) is 1. The van der Waals surface area contributed by atoms with Crippen LogP contribution in [-0.4, -0.2) is 18.3 Å². The van der Waals surface area contributed by atoms with Crippen LogP contribution in [0.5, 0.6) is 0 Å². The van der Waals surface area contributed by atoms with Gasteiger partial charge in [0.1, 0.15) is 0 Å². The largest absolute Gasteiger partial charge is 0.391 e. The highest BCUT2D eigenvalue weighted by atomic mass is 19.4. The highest BCUT2D eigenvalue weighted by molar-refractivity contribution is 4.82. The van der Waals surface area contributed by atoms with Crippen molar-refractivity contribution in [2.24, 2.45) is 11.8 Å². The van der Waals surface area contributed by atoms with E-state index in [2.05, 4.69) is 26.1 Å². The van der Waals surface area contributed by atoms with Gasteiger partial charge in [-0.2, -0.15) is 13.2 Å². The molecule has 1 fully saturated rings. The van der Waals surface area contributed by atoms with Crippen molar-refractivity contribution in [1.29, 1.82) is 0 Å². The Balaban J connectivity index is 2.18. The molecule has 0 aromatic heterocycles. The van der Waals surface area contributed by atoms with Crippen molar-refractivity contribution in [3.05, 3.63) is 0 Å². The number of halogens is 3. The summed E-state index contributed by atoms with van der Waals surface area (Å²) < 4.78 is 37.7. The summed E-state index contributed by atoms with van der Waals surface area (Å²) in [5, 5.41) is 3.50. The van der Waals surface area contributed by atoms with Crippen LogP contribution in [0.4, 0.5) is 13.2 Å². The van der Waals surface area contributed by atoms with Crippen LogP contribution in [0.25, 0.3) is 0 Å². The number of rotatable bonds is 6. The average Bonchev–Trinajstić information content (AvgIpc) is 2.27. The molecule has 0 bridgehead atoms. The molecular weight excluding hydrogens is 251 g/mol. The molecule has 0 aromatic rings. The van der Waals surface area contributed by atoms with E-state index < -0.39 is 12.1 Å². The Morgan fingerprint density at radius 2 is 1.58 bits per heavy atom. The van der Waals surface area contributed by atoms with Crippen molar-refractivity contribution >= 4 is 0 Å². The number of alkyl halides is 3. The Kier molecular flexibility index (Phi) is 6.64. The lowest BCUT2D eigenvalue weighted by molar-refractivity contribution is -0.182. The van der Waals surface area contributed by atoms with E-state index in [1.807, 2.05) is 0 Å². The zero-order valence-corrected chi connectivity index (χ0v) is 12.4. The van der Waals surface area contributed by atoms with Crippen LogP contribution in [0.3, 0.4) is 0 Å². The zero-order valence-electron chi connectivity index (χ0n) is 12.4. The quantitative estimate of drug-likeness (QED) is 0.728. The summed E-state index contributed by atoms with van der Waals surface area (Å²) >= 11 is 0. The van der Waals surface area contributed by atoms with Crippen molar-refractivity contribution in [3.8, 4) is 0 Å². The molecular formula is C15H28F3N. The number of nitrogens with one attached hydrogen (secondary N) is 1. The lowest BCUT2D eigenvalue weighted by Gasteiger charge is -2.32. The monoisotopic (exact) mass is 279 g/mol. The Morgan fingerprint density at radius 1 is 1.00 bits per heavy atom. The fraction of sp³-hybridized carbons (Fsp3) is 1.00. The summed E-state index contributed by atoms with van der Waals surface area (Å²) in [5.74, 6) is -0.337. The minimum Gasteiger partial charge on any atom is -0.312 e. The highest BCUT2D eigenvalue weighted by Crippen LogP contribution is 2.37. The summed E-state index contributed by atoms with van der Waals surface area (Å²) in [6.07, 6.45) is 1.47. The van der Waals surface area contributed by atoms with Crippen molar-refractivity contribution in [2.45, 2.75) is 84.0 Å². The van der Waals surface area contributed by atoms with E-state index in [1.165, 1.54) is 12.8 Å². The Bertz CT molecular complexity index is 242. The van der Waals surface area contributed by atoms with Gasteiger partial charge in [0, 0.05) is 12.1 Å². The molecule has 1 unspecified atom stereocenters. The summed E-state index contributed by atoms with van der Waals surface area (Å²) in [7, 11) is 0. The minimum atomic E-state index is -3.99. The first-order valence-electron chi connectivity index (χ1n) is 7.61. The summed E-state index contributed by atoms with van der Waals surface area (Å²) in [5.41, 5.74) is 0. The Hall–Kier alpha value is -0.250. The maximum absolute atomic E-state index is 12.6. The second-order valence-corrected chi connectivity index (χ2v) is 6.48. The molecule has 0 radical (unpaired) electrons. The molecule has 1 saturated carbocycles.